The van der Waals surface area contributed by atoms with Crippen LogP contribution < -0.4 is 5.56 Å². The molecule has 2 aromatic carbocycles. The number of nitrogens with one attached hydrogen (secondary N) is 1. The van der Waals surface area contributed by atoms with Crippen LogP contribution in [0.25, 0.3) is 10.9 Å². The fourth-order valence-corrected chi connectivity index (χ4v) is 4.93. The summed E-state index contributed by atoms with van der Waals surface area (Å²) in [7, 11) is 0. The fraction of sp³-hybridized carbons (Fsp3) is 0.333. The number of fused-ring (bicyclic) bond motifs is 1. The molecule has 5 aromatic rings. The number of tetrazole rings is 1. The first-order valence-corrected chi connectivity index (χ1v) is 13.5. The molecule has 0 bridgehead atoms. The van der Waals surface area contributed by atoms with Crippen LogP contribution in [0, 0.1) is 13.8 Å². The Hall–Kier alpha value is -3.75. The summed E-state index contributed by atoms with van der Waals surface area (Å²) in [5, 5.41) is 14.6. The van der Waals surface area contributed by atoms with Crippen LogP contribution in [0.5, 0.6) is 0 Å². The standard InChI is InChI=1S/C30H33ClN6O2/c1-6-30(4,5)37-28(33-34-35-37)27(25-16-22-14-19(2)20(3)15-26(22)32-29(25)38)36(18-24-8-7-13-39-24)17-21-9-11-23(31)12-10-21/h7-16,27H,6,17-18H2,1-5H3,(H,32,38)/t27-/m0/s1. The molecule has 1 N–H and O–H groups in total. The highest BCUT2D eigenvalue weighted by atomic mass is 35.5. The van der Waals surface area contributed by atoms with Gasteiger partial charge in [0.25, 0.3) is 5.56 Å². The van der Waals surface area contributed by atoms with E-state index in [1.54, 1.807) is 6.26 Å². The van der Waals surface area contributed by atoms with Crippen molar-refractivity contribution >= 4 is 22.5 Å². The summed E-state index contributed by atoms with van der Waals surface area (Å²) in [6.07, 6.45) is 2.46. The Labute approximate surface area is 232 Å². The summed E-state index contributed by atoms with van der Waals surface area (Å²) >= 11 is 6.19. The third-order valence-electron chi connectivity index (χ3n) is 7.56. The molecule has 0 amide bonds. The lowest BCUT2D eigenvalue weighted by Gasteiger charge is -2.33. The number of aryl methyl sites for hydroxylation is 2. The van der Waals surface area contributed by atoms with E-state index in [0.717, 1.165) is 39.8 Å². The van der Waals surface area contributed by atoms with Crippen LogP contribution in [0.15, 0.2) is 70.1 Å². The molecule has 0 aliphatic heterocycles. The average Bonchev–Trinajstić information content (AvgIpc) is 3.60. The zero-order valence-corrected chi connectivity index (χ0v) is 23.7. The van der Waals surface area contributed by atoms with E-state index in [4.69, 9.17) is 16.0 Å². The number of H-pyrrole nitrogens is 1. The number of aromatic nitrogens is 5. The smallest absolute Gasteiger partial charge is 0.253 e. The number of furan rings is 1. The minimum absolute atomic E-state index is 0.180. The molecule has 0 saturated heterocycles. The van der Waals surface area contributed by atoms with Gasteiger partial charge in [0.15, 0.2) is 5.82 Å². The number of pyridine rings is 1. The van der Waals surface area contributed by atoms with E-state index < -0.39 is 6.04 Å². The molecule has 9 heteroatoms. The monoisotopic (exact) mass is 544 g/mol. The number of nitrogens with zero attached hydrogens (tertiary/aromatic N) is 5. The van der Waals surface area contributed by atoms with Gasteiger partial charge < -0.3 is 9.40 Å². The number of hydrogen-bond acceptors (Lipinski definition) is 6. The van der Waals surface area contributed by atoms with E-state index in [0.29, 0.717) is 29.5 Å². The zero-order valence-electron chi connectivity index (χ0n) is 22.9. The van der Waals surface area contributed by atoms with Gasteiger partial charge in [0.2, 0.25) is 0 Å². The highest BCUT2D eigenvalue weighted by molar-refractivity contribution is 6.30. The molecule has 0 aliphatic rings. The molecule has 39 heavy (non-hydrogen) atoms. The number of benzene rings is 2. The van der Waals surface area contributed by atoms with Gasteiger partial charge in [-0.15, -0.1) is 5.10 Å². The highest BCUT2D eigenvalue weighted by Crippen LogP contribution is 2.33. The van der Waals surface area contributed by atoms with E-state index in [1.165, 1.54) is 0 Å². The molecule has 0 unspecified atom stereocenters. The van der Waals surface area contributed by atoms with Gasteiger partial charge in [-0.3, -0.25) is 9.69 Å². The van der Waals surface area contributed by atoms with Crippen molar-refractivity contribution in [1.29, 1.82) is 0 Å². The van der Waals surface area contributed by atoms with Crippen LogP contribution in [0.4, 0.5) is 0 Å². The van der Waals surface area contributed by atoms with Crippen molar-refractivity contribution < 1.29 is 4.42 Å². The fourth-order valence-electron chi connectivity index (χ4n) is 4.81. The lowest BCUT2D eigenvalue weighted by molar-refractivity contribution is 0.168. The van der Waals surface area contributed by atoms with Crippen molar-refractivity contribution in [2.45, 2.75) is 65.7 Å². The molecule has 0 saturated carbocycles. The first kappa shape index (κ1) is 26.8. The summed E-state index contributed by atoms with van der Waals surface area (Å²) in [5.41, 5.74) is 4.13. The lowest BCUT2D eigenvalue weighted by atomic mass is 9.98. The molecule has 3 heterocycles. The minimum atomic E-state index is -0.568. The van der Waals surface area contributed by atoms with Gasteiger partial charge in [-0.25, -0.2) is 4.68 Å². The SMILES string of the molecule is CCC(C)(C)n1nnnc1[C@H](c1cc2cc(C)c(C)cc2[nH]c1=O)N(Cc1ccc(Cl)cc1)Cc1ccco1. The van der Waals surface area contributed by atoms with Crippen molar-refractivity contribution in [3.05, 3.63) is 110 Å². The van der Waals surface area contributed by atoms with Gasteiger partial charge in [0, 0.05) is 22.6 Å². The Kier molecular flexibility index (Phi) is 7.42. The first-order chi connectivity index (χ1) is 18.7. The average molecular weight is 545 g/mol. The van der Waals surface area contributed by atoms with Crippen LogP contribution >= 0.6 is 11.6 Å². The number of halogens is 1. The molecule has 1 atom stereocenters. The summed E-state index contributed by atoms with van der Waals surface area (Å²) < 4.78 is 7.61. The molecule has 0 spiro atoms. The van der Waals surface area contributed by atoms with Gasteiger partial charge in [0.05, 0.1) is 18.3 Å². The van der Waals surface area contributed by atoms with E-state index in [-0.39, 0.29) is 11.1 Å². The van der Waals surface area contributed by atoms with Crippen LogP contribution in [-0.2, 0) is 18.6 Å². The lowest BCUT2D eigenvalue weighted by Crippen LogP contribution is -2.38. The normalized spacial score (nSPS) is 12.9. The van der Waals surface area contributed by atoms with Crippen molar-refractivity contribution in [3.8, 4) is 0 Å². The van der Waals surface area contributed by atoms with Gasteiger partial charge >= 0.3 is 0 Å². The maximum Gasteiger partial charge on any atom is 0.253 e. The van der Waals surface area contributed by atoms with E-state index in [1.807, 2.05) is 60.1 Å². The van der Waals surface area contributed by atoms with E-state index in [9.17, 15) is 4.79 Å². The molecule has 0 radical (unpaired) electrons. The molecule has 5 rings (SSSR count). The third-order valence-corrected chi connectivity index (χ3v) is 7.81. The molecule has 202 valence electrons. The van der Waals surface area contributed by atoms with Crippen molar-refractivity contribution in [3.63, 3.8) is 0 Å². The predicted octanol–water partition coefficient (Wildman–Crippen LogP) is 6.31. The maximum atomic E-state index is 13.8. The highest BCUT2D eigenvalue weighted by Gasteiger charge is 2.35. The van der Waals surface area contributed by atoms with Crippen molar-refractivity contribution in [2.24, 2.45) is 0 Å². The van der Waals surface area contributed by atoms with Crippen molar-refractivity contribution in [2.75, 3.05) is 0 Å². The second-order valence-corrected chi connectivity index (χ2v) is 11.1. The van der Waals surface area contributed by atoms with E-state index >= 15 is 0 Å². The first-order valence-electron chi connectivity index (χ1n) is 13.1. The molecule has 3 aromatic heterocycles. The Bertz CT molecular complexity index is 1640. The quantitative estimate of drug-likeness (QED) is 0.233. The second-order valence-electron chi connectivity index (χ2n) is 10.7. The molecule has 0 aliphatic carbocycles. The maximum absolute atomic E-state index is 13.8. The molecule has 8 nitrogen and oxygen atoms in total. The molecular formula is C30H33ClN6O2. The van der Waals surface area contributed by atoms with Gasteiger partial charge in [0.1, 0.15) is 11.8 Å². The number of rotatable bonds is 9. The zero-order chi connectivity index (χ0) is 27.7. The Morgan fingerprint density at radius 1 is 1.08 bits per heavy atom. The molecular weight excluding hydrogens is 512 g/mol. The summed E-state index contributed by atoms with van der Waals surface area (Å²) in [4.78, 5) is 19.1. The topological polar surface area (TPSA) is 92.8 Å². The second kappa shape index (κ2) is 10.8. The number of hydrogen-bond donors (Lipinski definition) is 1. The summed E-state index contributed by atoms with van der Waals surface area (Å²) in [6, 6.07) is 17.0. The molecule has 0 fully saturated rings. The van der Waals surface area contributed by atoms with Gasteiger partial charge in [-0.05, 0) is 109 Å². The Balaban J connectivity index is 1.74. The Morgan fingerprint density at radius 3 is 2.51 bits per heavy atom. The van der Waals surface area contributed by atoms with Gasteiger partial charge in [-0.1, -0.05) is 30.7 Å². The Morgan fingerprint density at radius 2 is 1.82 bits per heavy atom. The number of aromatic amines is 1. The van der Waals surface area contributed by atoms with E-state index in [2.05, 4.69) is 59.2 Å². The summed E-state index contributed by atoms with van der Waals surface area (Å²) in [5.74, 6) is 1.36. The van der Waals surface area contributed by atoms with Gasteiger partial charge in [-0.2, -0.15) is 0 Å². The third kappa shape index (κ3) is 5.53. The van der Waals surface area contributed by atoms with Crippen molar-refractivity contribution in [1.82, 2.24) is 30.1 Å². The largest absolute Gasteiger partial charge is 0.468 e. The predicted molar refractivity (Wildman–Crippen MR) is 153 cm³/mol. The van der Waals surface area contributed by atoms with Crippen LogP contribution in [0.1, 0.15) is 67.1 Å². The van der Waals surface area contributed by atoms with Crippen LogP contribution in [0.2, 0.25) is 5.02 Å². The minimum Gasteiger partial charge on any atom is -0.468 e. The van der Waals surface area contributed by atoms with Crippen LogP contribution in [-0.4, -0.2) is 30.1 Å². The van der Waals surface area contributed by atoms with Crippen LogP contribution in [0.3, 0.4) is 0 Å². The summed E-state index contributed by atoms with van der Waals surface area (Å²) in [6.45, 7) is 11.3.